The minimum Gasteiger partial charge on any atom is -0.377 e. The minimum absolute atomic E-state index is 0.356. The maximum Gasteiger partial charge on any atom is 0.0700 e. The van der Waals surface area contributed by atoms with Gasteiger partial charge >= 0.3 is 0 Å². The second-order valence-electron chi connectivity index (χ2n) is 5.17. The Hall–Kier alpha value is -0.860. The fraction of sp³-hybridized carbons (Fsp3) is 0.600. The largest absolute Gasteiger partial charge is 0.377 e. The van der Waals surface area contributed by atoms with E-state index >= 15 is 0 Å². The molecule has 0 bridgehead atoms. The summed E-state index contributed by atoms with van der Waals surface area (Å²) in [5.41, 5.74) is 2.83. The maximum absolute atomic E-state index is 5.58. The molecule has 1 aromatic carbocycles. The molecule has 1 saturated heterocycles. The van der Waals surface area contributed by atoms with Crippen molar-refractivity contribution in [3.63, 3.8) is 0 Å². The van der Waals surface area contributed by atoms with Crippen molar-refractivity contribution >= 4 is 0 Å². The van der Waals surface area contributed by atoms with Crippen LogP contribution in [0.5, 0.6) is 0 Å². The van der Waals surface area contributed by atoms with Gasteiger partial charge in [0.25, 0.3) is 0 Å². The van der Waals surface area contributed by atoms with Crippen LogP contribution in [0, 0.1) is 6.92 Å². The Morgan fingerprint density at radius 1 is 1.41 bits per heavy atom. The average molecular weight is 233 g/mol. The average Bonchev–Trinajstić information content (AvgIpc) is 2.68. The monoisotopic (exact) mass is 233 g/mol. The minimum atomic E-state index is 0.356. The smallest absolute Gasteiger partial charge is 0.0700 e. The highest BCUT2D eigenvalue weighted by atomic mass is 16.5. The summed E-state index contributed by atoms with van der Waals surface area (Å²) in [6.07, 6.45) is 2.59. The number of benzene rings is 1. The van der Waals surface area contributed by atoms with E-state index in [0.717, 1.165) is 19.4 Å². The van der Waals surface area contributed by atoms with Crippen LogP contribution in [-0.2, 0) is 11.2 Å². The molecule has 1 aliphatic heterocycles. The number of aryl methyl sites for hydroxylation is 1. The first kappa shape index (κ1) is 12.6. The number of hydrogen-bond acceptors (Lipinski definition) is 2. The molecule has 2 rings (SSSR count). The van der Waals surface area contributed by atoms with E-state index in [1.165, 1.54) is 11.1 Å². The van der Waals surface area contributed by atoms with Crippen molar-refractivity contribution in [3.8, 4) is 0 Å². The quantitative estimate of drug-likeness (QED) is 0.863. The predicted molar refractivity (Wildman–Crippen MR) is 71.3 cm³/mol. The van der Waals surface area contributed by atoms with Crippen LogP contribution in [0.4, 0.5) is 0 Å². The fourth-order valence-corrected chi connectivity index (χ4v) is 2.54. The third kappa shape index (κ3) is 3.30. The zero-order valence-electron chi connectivity index (χ0n) is 11.1. The van der Waals surface area contributed by atoms with Crippen LogP contribution in [0.15, 0.2) is 24.3 Å². The highest BCUT2D eigenvalue weighted by Gasteiger charge is 2.25. The second kappa shape index (κ2) is 5.65. The number of rotatable bonds is 4. The molecular formula is C15H23NO. The Kier molecular flexibility index (Phi) is 4.19. The zero-order valence-corrected chi connectivity index (χ0v) is 11.1. The molecule has 1 aliphatic rings. The molecule has 0 aromatic heterocycles. The highest BCUT2D eigenvalue weighted by molar-refractivity contribution is 5.26. The Labute approximate surface area is 104 Å². The molecule has 3 atom stereocenters. The molecule has 0 radical (unpaired) electrons. The SMILES string of the molecule is Cc1ccccc1CC(C)NC1CCOC1C. The fourth-order valence-electron chi connectivity index (χ4n) is 2.54. The van der Waals surface area contributed by atoms with Crippen LogP contribution in [0.2, 0.25) is 0 Å². The van der Waals surface area contributed by atoms with Gasteiger partial charge in [-0.15, -0.1) is 0 Å². The van der Waals surface area contributed by atoms with Gasteiger partial charge in [-0.1, -0.05) is 24.3 Å². The van der Waals surface area contributed by atoms with E-state index in [9.17, 15) is 0 Å². The van der Waals surface area contributed by atoms with Crippen molar-refractivity contribution in [2.24, 2.45) is 0 Å². The topological polar surface area (TPSA) is 21.3 Å². The highest BCUT2D eigenvalue weighted by Crippen LogP contribution is 2.15. The number of hydrogen-bond donors (Lipinski definition) is 1. The lowest BCUT2D eigenvalue weighted by Gasteiger charge is -2.22. The molecular weight excluding hydrogens is 210 g/mol. The summed E-state index contributed by atoms with van der Waals surface area (Å²) in [7, 11) is 0. The van der Waals surface area contributed by atoms with E-state index in [0.29, 0.717) is 18.2 Å². The summed E-state index contributed by atoms with van der Waals surface area (Å²) < 4.78 is 5.58. The van der Waals surface area contributed by atoms with E-state index in [1.807, 2.05) is 0 Å². The Balaban J connectivity index is 1.89. The number of nitrogens with one attached hydrogen (secondary N) is 1. The van der Waals surface area contributed by atoms with Crippen molar-refractivity contribution in [2.75, 3.05) is 6.61 Å². The van der Waals surface area contributed by atoms with Crippen molar-refractivity contribution in [1.29, 1.82) is 0 Å². The van der Waals surface area contributed by atoms with Crippen LogP contribution in [0.25, 0.3) is 0 Å². The normalized spacial score (nSPS) is 26.1. The molecule has 1 aromatic rings. The van der Waals surface area contributed by atoms with Gasteiger partial charge in [0.05, 0.1) is 6.10 Å². The van der Waals surface area contributed by atoms with Crippen molar-refractivity contribution in [2.45, 2.75) is 51.8 Å². The van der Waals surface area contributed by atoms with Crippen LogP contribution < -0.4 is 5.32 Å². The van der Waals surface area contributed by atoms with Crippen LogP contribution in [-0.4, -0.2) is 24.8 Å². The van der Waals surface area contributed by atoms with E-state index in [-0.39, 0.29) is 0 Å². The van der Waals surface area contributed by atoms with Gasteiger partial charge in [-0.2, -0.15) is 0 Å². The van der Waals surface area contributed by atoms with Gasteiger partial charge in [0, 0.05) is 18.7 Å². The first-order valence-electron chi connectivity index (χ1n) is 6.59. The molecule has 0 saturated carbocycles. The Morgan fingerprint density at radius 2 is 2.18 bits per heavy atom. The molecule has 1 heterocycles. The molecule has 2 nitrogen and oxygen atoms in total. The van der Waals surface area contributed by atoms with Gasteiger partial charge in [-0.25, -0.2) is 0 Å². The van der Waals surface area contributed by atoms with E-state index in [1.54, 1.807) is 0 Å². The Bertz CT molecular complexity index is 364. The molecule has 0 aliphatic carbocycles. The van der Waals surface area contributed by atoms with Gasteiger partial charge in [0.2, 0.25) is 0 Å². The van der Waals surface area contributed by atoms with E-state index in [4.69, 9.17) is 4.74 Å². The first-order chi connectivity index (χ1) is 8.16. The van der Waals surface area contributed by atoms with Gasteiger partial charge in [-0.3, -0.25) is 0 Å². The molecule has 1 N–H and O–H groups in total. The summed E-state index contributed by atoms with van der Waals surface area (Å²) in [5.74, 6) is 0. The molecule has 0 amide bonds. The molecule has 17 heavy (non-hydrogen) atoms. The summed E-state index contributed by atoms with van der Waals surface area (Å²) in [6, 6.07) is 9.66. The molecule has 0 spiro atoms. The lowest BCUT2D eigenvalue weighted by atomic mass is 10.0. The predicted octanol–water partition coefficient (Wildman–Crippen LogP) is 2.69. The summed E-state index contributed by atoms with van der Waals surface area (Å²) in [4.78, 5) is 0. The molecule has 94 valence electrons. The Morgan fingerprint density at radius 3 is 2.82 bits per heavy atom. The lowest BCUT2D eigenvalue weighted by Crippen LogP contribution is -2.41. The second-order valence-corrected chi connectivity index (χ2v) is 5.17. The standard InChI is InChI=1S/C15H23NO/c1-11-6-4-5-7-14(11)10-12(2)16-15-8-9-17-13(15)3/h4-7,12-13,15-16H,8-10H2,1-3H3. The van der Waals surface area contributed by atoms with Crippen molar-refractivity contribution in [3.05, 3.63) is 35.4 Å². The summed E-state index contributed by atoms with van der Waals surface area (Å²) >= 11 is 0. The third-order valence-electron chi connectivity index (χ3n) is 3.66. The zero-order chi connectivity index (χ0) is 12.3. The summed E-state index contributed by atoms with van der Waals surface area (Å²) in [6.45, 7) is 7.50. The first-order valence-corrected chi connectivity index (χ1v) is 6.59. The van der Waals surface area contributed by atoms with E-state index in [2.05, 4.69) is 50.4 Å². The molecule has 3 unspecified atom stereocenters. The lowest BCUT2D eigenvalue weighted by molar-refractivity contribution is 0.111. The van der Waals surface area contributed by atoms with Gasteiger partial charge in [0.15, 0.2) is 0 Å². The van der Waals surface area contributed by atoms with Gasteiger partial charge < -0.3 is 10.1 Å². The third-order valence-corrected chi connectivity index (χ3v) is 3.66. The van der Waals surface area contributed by atoms with Gasteiger partial charge in [0.1, 0.15) is 0 Å². The van der Waals surface area contributed by atoms with Crippen LogP contribution in [0.3, 0.4) is 0 Å². The maximum atomic E-state index is 5.58. The van der Waals surface area contributed by atoms with Crippen molar-refractivity contribution in [1.82, 2.24) is 5.32 Å². The molecule has 2 heteroatoms. The van der Waals surface area contributed by atoms with Crippen LogP contribution in [0.1, 0.15) is 31.4 Å². The van der Waals surface area contributed by atoms with E-state index < -0.39 is 0 Å². The molecule has 1 fully saturated rings. The summed E-state index contributed by atoms with van der Waals surface area (Å²) in [5, 5.41) is 3.68. The van der Waals surface area contributed by atoms with Crippen molar-refractivity contribution < 1.29 is 4.74 Å². The van der Waals surface area contributed by atoms with Gasteiger partial charge in [-0.05, 0) is 44.7 Å². The van der Waals surface area contributed by atoms with Crippen LogP contribution >= 0.6 is 0 Å². The number of ether oxygens (including phenoxy) is 1.